The molecule has 80 valence electrons. The summed E-state index contributed by atoms with van der Waals surface area (Å²) in [6, 6.07) is 1.80. The lowest BCUT2D eigenvalue weighted by Gasteiger charge is -2.11. The number of pyridine rings is 1. The molecular weight excluding hydrogens is 192 g/mol. The van der Waals surface area contributed by atoms with Crippen LogP contribution in [0.4, 0.5) is 5.69 Å². The third-order valence-corrected chi connectivity index (χ3v) is 2.53. The van der Waals surface area contributed by atoms with Crippen LogP contribution in [0.2, 0.25) is 0 Å². The van der Waals surface area contributed by atoms with Gasteiger partial charge in [0.2, 0.25) is 5.88 Å². The van der Waals surface area contributed by atoms with Crippen LogP contribution < -0.4 is 15.2 Å². The summed E-state index contributed by atoms with van der Waals surface area (Å²) in [6.45, 7) is 0. The summed E-state index contributed by atoms with van der Waals surface area (Å²) >= 11 is 0. The van der Waals surface area contributed by atoms with Crippen LogP contribution >= 0.6 is 0 Å². The Morgan fingerprint density at radius 1 is 1.13 bits per heavy atom. The minimum absolute atomic E-state index is 0.316. The molecule has 2 fully saturated rings. The van der Waals surface area contributed by atoms with Gasteiger partial charge >= 0.3 is 0 Å². The molecule has 15 heavy (non-hydrogen) atoms. The van der Waals surface area contributed by atoms with E-state index in [1.165, 1.54) is 0 Å². The lowest BCUT2D eigenvalue weighted by Crippen LogP contribution is -2.05. The van der Waals surface area contributed by atoms with Gasteiger partial charge in [0.05, 0.1) is 6.10 Å². The van der Waals surface area contributed by atoms with Gasteiger partial charge in [-0.1, -0.05) is 0 Å². The normalized spacial score (nSPS) is 20.0. The van der Waals surface area contributed by atoms with E-state index in [1.807, 2.05) is 0 Å². The Hall–Kier alpha value is -1.45. The Labute approximate surface area is 88.4 Å². The van der Waals surface area contributed by atoms with E-state index in [-0.39, 0.29) is 0 Å². The summed E-state index contributed by atoms with van der Waals surface area (Å²) in [7, 11) is 0. The van der Waals surface area contributed by atoms with E-state index in [0.29, 0.717) is 29.5 Å². The standard InChI is InChI=1S/C11H14N2O2/c12-10-9(14-7-1-2-7)5-6-13-11(10)15-8-3-4-8/h5-8H,1-4,12H2. The molecule has 2 aliphatic rings. The second-order valence-corrected chi connectivity index (χ2v) is 4.16. The van der Waals surface area contributed by atoms with Crippen molar-refractivity contribution in [1.82, 2.24) is 4.98 Å². The van der Waals surface area contributed by atoms with Crippen LogP contribution in [-0.2, 0) is 0 Å². The fourth-order valence-electron chi connectivity index (χ4n) is 1.34. The molecule has 0 bridgehead atoms. The monoisotopic (exact) mass is 206 g/mol. The summed E-state index contributed by atoms with van der Waals surface area (Å²) in [6.07, 6.45) is 6.82. The van der Waals surface area contributed by atoms with Crippen LogP contribution in [0.25, 0.3) is 0 Å². The molecule has 1 aromatic rings. The van der Waals surface area contributed by atoms with Crippen LogP contribution in [-0.4, -0.2) is 17.2 Å². The zero-order valence-electron chi connectivity index (χ0n) is 8.48. The van der Waals surface area contributed by atoms with Crippen molar-refractivity contribution in [3.8, 4) is 11.6 Å². The third-order valence-electron chi connectivity index (χ3n) is 2.53. The Morgan fingerprint density at radius 3 is 2.47 bits per heavy atom. The number of hydrogen-bond acceptors (Lipinski definition) is 4. The van der Waals surface area contributed by atoms with Gasteiger partial charge in [-0.2, -0.15) is 0 Å². The molecule has 2 saturated carbocycles. The van der Waals surface area contributed by atoms with Crippen molar-refractivity contribution in [3.05, 3.63) is 12.3 Å². The molecule has 0 aromatic carbocycles. The highest BCUT2D eigenvalue weighted by Crippen LogP contribution is 2.36. The minimum atomic E-state index is 0.316. The average Bonchev–Trinajstić information content (AvgIpc) is 3.06. The molecule has 0 radical (unpaired) electrons. The molecule has 2 N–H and O–H groups in total. The predicted molar refractivity (Wildman–Crippen MR) is 55.9 cm³/mol. The number of hydrogen-bond donors (Lipinski definition) is 1. The number of nitrogen functional groups attached to an aromatic ring is 1. The first-order valence-electron chi connectivity index (χ1n) is 5.41. The first-order chi connectivity index (χ1) is 7.33. The highest BCUT2D eigenvalue weighted by atomic mass is 16.5. The molecule has 0 saturated heterocycles. The molecule has 2 aliphatic carbocycles. The van der Waals surface area contributed by atoms with E-state index < -0.39 is 0 Å². The summed E-state index contributed by atoms with van der Waals surface area (Å²) in [5.41, 5.74) is 6.46. The van der Waals surface area contributed by atoms with Gasteiger partial charge in [-0.05, 0) is 25.7 Å². The molecule has 4 nitrogen and oxygen atoms in total. The number of anilines is 1. The summed E-state index contributed by atoms with van der Waals surface area (Å²) in [5, 5.41) is 0. The highest BCUT2D eigenvalue weighted by Gasteiger charge is 2.27. The maximum absolute atomic E-state index is 5.92. The maximum Gasteiger partial charge on any atom is 0.241 e. The lowest BCUT2D eigenvalue weighted by molar-refractivity contribution is 0.282. The van der Waals surface area contributed by atoms with E-state index >= 15 is 0 Å². The van der Waals surface area contributed by atoms with Gasteiger partial charge in [0.25, 0.3) is 0 Å². The molecule has 1 aromatic heterocycles. The van der Waals surface area contributed by atoms with Crippen LogP contribution in [0, 0.1) is 0 Å². The molecule has 4 heteroatoms. The van der Waals surface area contributed by atoms with Gasteiger partial charge in [-0.3, -0.25) is 0 Å². The number of nitrogens with zero attached hydrogens (tertiary/aromatic N) is 1. The molecule has 0 aliphatic heterocycles. The van der Waals surface area contributed by atoms with Gasteiger partial charge in [0, 0.05) is 12.3 Å². The fourth-order valence-corrected chi connectivity index (χ4v) is 1.34. The molecule has 3 rings (SSSR count). The first kappa shape index (κ1) is 8.83. The van der Waals surface area contributed by atoms with Gasteiger partial charge in [0.1, 0.15) is 17.5 Å². The molecular formula is C11H14N2O2. The van der Waals surface area contributed by atoms with E-state index in [1.54, 1.807) is 12.3 Å². The molecule has 0 atom stereocenters. The smallest absolute Gasteiger partial charge is 0.241 e. The molecule has 0 spiro atoms. The molecule has 0 amide bonds. The molecule has 0 unspecified atom stereocenters. The summed E-state index contributed by atoms with van der Waals surface area (Å²) in [4.78, 5) is 4.12. The van der Waals surface area contributed by atoms with Crippen molar-refractivity contribution in [2.45, 2.75) is 37.9 Å². The van der Waals surface area contributed by atoms with Crippen molar-refractivity contribution in [2.75, 3.05) is 5.73 Å². The Kier molecular flexibility index (Phi) is 1.94. The van der Waals surface area contributed by atoms with Crippen molar-refractivity contribution in [2.24, 2.45) is 0 Å². The Morgan fingerprint density at radius 2 is 1.80 bits per heavy atom. The van der Waals surface area contributed by atoms with Crippen molar-refractivity contribution >= 4 is 5.69 Å². The number of nitrogens with two attached hydrogens (primary N) is 1. The largest absolute Gasteiger partial charge is 0.488 e. The van der Waals surface area contributed by atoms with Crippen molar-refractivity contribution < 1.29 is 9.47 Å². The second-order valence-electron chi connectivity index (χ2n) is 4.16. The topological polar surface area (TPSA) is 57.4 Å². The van der Waals surface area contributed by atoms with Crippen LogP contribution in [0.3, 0.4) is 0 Å². The zero-order chi connectivity index (χ0) is 10.3. The summed E-state index contributed by atoms with van der Waals surface area (Å²) in [5.74, 6) is 1.24. The fraction of sp³-hybridized carbons (Fsp3) is 0.545. The van der Waals surface area contributed by atoms with E-state index in [9.17, 15) is 0 Å². The van der Waals surface area contributed by atoms with E-state index in [2.05, 4.69) is 4.98 Å². The van der Waals surface area contributed by atoms with Gasteiger partial charge in [-0.25, -0.2) is 4.98 Å². The highest BCUT2D eigenvalue weighted by molar-refractivity contribution is 5.59. The predicted octanol–water partition coefficient (Wildman–Crippen LogP) is 1.75. The summed E-state index contributed by atoms with van der Waals surface area (Å²) < 4.78 is 11.2. The van der Waals surface area contributed by atoms with E-state index in [0.717, 1.165) is 25.7 Å². The van der Waals surface area contributed by atoms with Crippen LogP contribution in [0.5, 0.6) is 11.6 Å². The zero-order valence-corrected chi connectivity index (χ0v) is 8.48. The SMILES string of the molecule is Nc1c(OC2CC2)ccnc1OC1CC1. The van der Waals surface area contributed by atoms with Crippen molar-refractivity contribution in [3.63, 3.8) is 0 Å². The number of aromatic nitrogens is 1. The second kappa shape index (κ2) is 3.29. The quantitative estimate of drug-likeness (QED) is 0.815. The van der Waals surface area contributed by atoms with Gasteiger partial charge in [0.15, 0.2) is 0 Å². The van der Waals surface area contributed by atoms with Gasteiger partial charge in [-0.15, -0.1) is 0 Å². The van der Waals surface area contributed by atoms with E-state index in [4.69, 9.17) is 15.2 Å². The number of ether oxygens (including phenoxy) is 2. The number of rotatable bonds is 4. The van der Waals surface area contributed by atoms with Gasteiger partial charge < -0.3 is 15.2 Å². The van der Waals surface area contributed by atoms with Crippen molar-refractivity contribution in [1.29, 1.82) is 0 Å². The Bertz CT molecular complexity index is 341. The third kappa shape index (κ3) is 1.98. The average molecular weight is 206 g/mol. The first-order valence-corrected chi connectivity index (χ1v) is 5.41. The van der Waals surface area contributed by atoms with Crippen LogP contribution in [0.15, 0.2) is 12.3 Å². The lowest BCUT2D eigenvalue weighted by atomic mass is 10.4. The minimum Gasteiger partial charge on any atom is -0.488 e. The Balaban J connectivity index is 1.79. The molecule has 1 heterocycles. The van der Waals surface area contributed by atoms with Crippen LogP contribution in [0.1, 0.15) is 25.7 Å². The maximum atomic E-state index is 5.92.